The molecule has 78 valence electrons. The number of nitrogens with zero attached hydrogens (tertiary/aromatic N) is 1. The third-order valence-electron chi connectivity index (χ3n) is 1.83. The Morgan fingerprint density at radius 3 is 3.13 bits per heavy atom. The lowest BCUT2D eigenvalue weighted by Crippen LogP contribution is -2.15. The highest BCUT2D eigenvalue weighted by molar-refractivity contribution is 7.22. The van der Waals surface area contributed by atoms with E-state index in [0.717, 1.165) is 10.2 Å². The van der Waals surface area contributed by atoms with Gasteiger partial charge in [0.2, 0.25) is 5.91 Å². The van der Waals surface area contributed by atoms with Gasteiger partial charge in [-0.25, -0.2) is 4.98 Å². The fraction of sp³-hybridized carbons (Fsp3) is 0.111. The van der Waals surface area contributed by atoms with Crippen molar-refractivity contribution in [1.82, 2.24) is 4.98 Å². The molecule has 0 atom stereocenters. The highest BCUT2D eigenvalue weighted by atomic mass is 32.1. The summed E-state index contributed by atoms with van der Waals surface area (Å²) >= 11 is 1.35. The first kappa shape index (κ1) is 9.88. The Balaban J connectivity index is 2.33. The molecule has 1 heterocycles. The summed E-state index contributed by atoms with van der Waals surface area (Å²) in [5, 5.41) is 11.6. The average Bonchev–Trinajstić information content (AvgIpc) is 2.57. The second-order valence-corrected chi connectivity index (χ2v) is 4.00. The summed E-state index contributed by atoms with van der Waals surface area (Å²) in [6.07, 6.45) is 0. The first-order valence-electron chi connectivity index (χ1n) is 4.26. The monoisotopic (exact) mass is 223 g/mol. The summed E-state index contributed by atoms with van der Waals surface area (Å²) in [7, 11) is 0. The molecule has 4 N–H and O–H groups in total. The Kier molecular flexibility index (Phi) is 2.53. The molecule has 0 spiro atoms. The van der Waals surface area contributed by atoms with Crippen molar-refractivity contribution in [1.29, 1.82) is 0 Å². The Labute approximate surface area is 89.5 Å². The quantitative estimate of drug-likeness (QED) is 0.703. The normalized spacial score (nSPS) is 10.5. The van der Waals surface area contributed by atoms with E-state index in [2.05, 4.69) is 10.3 Å². The molecule has 0 aliphatic carbocycles. The van der Waals surface area contributed by atoms with Crippen LogP contribution in [0, 0.1) is 0 Å². The number of nitrogens with one attached hydrogen (secondary N) is 1. The number of carbonyl (C=O) groups is 1. The average molecular weight is 223 g/mol. The third-order valence-corrected chi connectivity index (χ3v) is 2.68. The summed E-state index contributed by atoms with van der Waals surface area (Å²) in [6, 6.07) is 5.27. The Bertz CT molecular complexity index is 509. The lowest BCUT2D eigenvalue weighted by atomic mass is 10.3. The first-order chi connectivity index (χ1) is 7.19. The number of carbonyl (C=O) groups excluding carboxylic acids is 1. The van der Waals surface area contributed by atoms with Crippen LogP contribution in [0.3, 0.4) is 0 Å². The van der Waals surface area contributed by atoms with Crippen molar-refractivity contribution >= 4 is 38.3 Å². The Hall–Kier alpha value is -1.66. The minimum absolute atomic E-state index is 0.438. The Morgan fingerprint density at radius 2 is 2.40 bits per heavy atom. The molecular formula is C9H9N3O2S. The second-order valence-electron chi connectivity index (χ2n) is 2.94. The number of thiazole rings is 1. The lowest BCUT2D eigenvalue weighted by Gasteiger charge is -2.01. The predicted octanol–water partition coefficient (Wildman–Crippen LogP) is 0.809. The minimum Gasteiger partial charge on any atom is -0.387 e. The van der Waals surface area contributed by atoms with Crippen LogP contribution in [-0.2, 0) is 4.79 Å². The number of aliphatic hydroxyl groups excluding tert-OH is 1. The van der Waals surface area contributed by atoms with E-state index in [0.29, 0.717) is 10.8 Å². The van der Waals surface area contributed by atoms with Crippen molar-refractivity contribution in [2.75, 3.05) is 17.7 Å². The van der Waals surface area contributed by atoms with Gasteiger partial charge in [-0.05, 0) is 18.2 Å². The van der Waals surface area contributed by atoms with Gasteiger partial charge in [0.15, 0.2) is 5.13 Å². The highest BCUT2D eigenvalue weighted by Gasteiger charge is 2.04. The van der Waals surface area contributed by atoms with E-state index in [4.69, 9.17) is 10.8 Å². The van der Waals surface area contributed by atoms with Crippen molar-refractivity contribution in [3.8, 4) is 0 Å². The standard InChI is InChI=1S/C9H9N3O2S/c10-9-12-6-2-1-5(3-7(6)15-9)11-8(14)4-13/h1-3,13H,4H2,(H2,10,12)(H,11,14). The maximum Gasteiger partial charge on any atom is 0.250 e. The van der Waals surface area contributed by atoms with E-state index in [-0.39, 0.29) is 0 Å². The van der Waals surface area contributed by atoms with Gasteiger partial charge in [-0.2, -0.15) is 0 Å². The van der Waals surface area contributed by atoms with Crippen LogP contribution in [0.1, 0.15) is 0 Å². The van der Waals surface area contributed by atoms with E-state index >= 15 is 0 Å². The number of hydrogen-bond acceptors (Lipinski definition) is 5. The molecule has 0 radical (unpaired) electrons. The van der Waals surface area contributed by atoms with Gasteiger partial charge in [-0.15, -0.1) is 0 Å². The highest BCUT2D eigenvalue weighted by Crippen LogP contribution is 2.26. The number of aromatic nitrogens is 1. The minimum atomic E-state index is -0.525. The van der Waals surface area contributed by atoms with Crippen molar-refractivity contribution in [3.63, 3.8) is 0 Å². The molecule has 0 unspecified atom stereocenters. The predicted molar refractivity (Wildman–Crippen MR) is 59.7 cm³/mol. The maximum atomic E-state index is 10.9. The third kappa shape index (κ3) is 2.05. The molecule has 2 aromatic rings. The number of aliphatic hydroxyl groups is 1. The summed E-state index contributed by atoms with van der Waals surface area (Å²) in [4.78, 5) is 15.0. The number of benzene rings is 1. The molecule has 0 bridgehead atoms. The molecule has 6 heteroatoms. The number of amides is 1. The van der Waals surface area contributed by atoms with Gasteiger partial charge >= 0.3 is 0 Å². The molecule has 5 nitrogen and oxygen atoms in total. The van der Waals surface area contributed by atoms with Crippen LogP contribution in [0.5, 0.6) is 0 Å². The zero-order valence-electron chi connectivity index (χ0n) is 7.73. The van der Waals surface area contributed by atoms with Gasteiger partial charge in [0.25, 0.3) is 0 Å². The molecule has 1 amide bonds. The zero-order chi connectivity index (χ0) is 10.8. The van der Waals surface area contributed by atoms with Gasteiger partial charge < -0.3 is 16.2 Å². The zero-order valence-corrected chi connectivity index (χ0v) is 8.54. The van der Waals surface area contributed by atoms with Gasteiger partial charge in [0.1, 0.15) is 6.61 Å². The van der Waals surface area contributed by atoms with Crippen LogP contribution >= 0.6 is 11.3 Å². The Morgan fingerprint density at radius 1 is 1.60 bits per heavy atom. The molecular weight excluding hydrogens is 214 g/mol. The largest absolute Gasteiger partial charge is 0.387 e. The van der Waals surface area contributed by atoms with Crippen molar-refractivity contribution in [2.45, 2.75) is 0 Å². The smallest absolute Gasteiger partial charge is 0.250 e. The number of hydrogen-bond donors (Lipinski definition) is 3. The molecule has 0 fully saturated rings. The number of nitrogen functional groups attached to an aromatic ring is 1. The van der Waals surface area contributed by atoms with Crippen molar-refractivity contribution in [3.05, 3.63) is 18.2 Å². The van der Waals surface area contributed by atoms with E-state index in [1.807, 2.05) is 0 Å². The molecule has 1 aromatic heterocycles. The van der Waals surface area contributed by atoms with Crippen LogP contribution in [0.4, 0.5) is 10.8 Å². The lowest BCUT2D eigenvalue weighted by molar-refractivity contribution is -0.118. The summed E-state index contributed by atoms with van der Waals surface area (Å²) in [6.45, 7) is -0.525. The second kappa shape index (κ2) is 3.84. The molecule has 0 saturated heterocycles. The van der Waals surface area contributed by atoms with Crippen LogP contribution in [0.25, 0.3) is 10.2 Å². The van der Waals surface area contributed by atoms with Crippen LogP contribution < -0.4 is 11.1 Å². The van der Waals surface area contributed by atoms with Crippen molar-refractivity contribution < 1.29 is 9.90 Å². The van der Waals surface area contributed by atoms with Crippen LogP contribution in [-0.4, -0.2) is 22.6 Å². The molecule has 1 aromatic carbocycles. The van der Waals surface area contributed by atoms with E-state index in [9.17, 15) is 4.79 Å². The number of nitrogens with two attached hydrogens (primary N) is 1. The van der Waals surface area contributed by atoms with Gasteiger partial charge in [0.05, 0.1) is 10.2 Å². The summed E-state index contributed by atoms with van der Waals surface area (Å²) in [5.41, 5.74) is 6.98. The number of fused-ring (bicyclic) bond motifs is 1. The van der Waals surface area contributed by atoms with Gasteiger partial charge in [-0.1, -0.05) is 11.3 Å². The first-order valence-corrected chi connectivity index (χ1v) is 5.07. The molecule has 2 rings (SSSR count). The maximum absolute atomic E-state index is 10.9. The SMILES string of the molecule is Nc1nc2ccc(NC(=O)CO)cc2s1. The number of anilines is 2. The van der Waals surface area contributed by atoms with Crippen LogP contribution in [0.15, 0.2) is 18.2 Å². The summed E-state index contributed by atoms with van der Waals surface area (Å²) < 4.78 is 0.906. The van der Waals surface area contributed by atoms with Crippen LogP contribution in [0.2, 0.25) is 0 Å². The molecule has 15 heavy (non-hydrogen) atoms. The van der Waals surface area contributed by atoms with Gasteiger partial charge in [-0.3, -0.25) is 4.79 Å². The molecule has 0 aliphatic heterocycles. The fourth-order valence-corrected chi connectivity index (χ4v) is 1.99. The van der Waals surface area contributed by atoms with E-state index < -0.39 is 12.5 Å². The van der Waals surface area contributed by atoms with E-state index in [1.54, 1.807) is 18.2 Å². The summed E-state index contributed by atoms with van der Waals surface area (Å²) in [5.74, 6) is -0.438. The molecule has 0 aliphatic rings. The molecule has 0 saturated carbocycles. The fourth-order valence-electron chi connectivity index (χ4n) is 1.22. The number of rotatable bonds is 2. The topological polar surface area (TPSA) is 88.2 Å². The van der Waals surface area contributed by atoms with E-state index in [1.165, 1.54) is 11.3 Å². The van der Waals surface area contributed by atoms with Gasteiger partial charge in [0, 0.05) is 5.69 Å². The van der Waals surface area contributed by atoms with Crippen molar-refractivity contribution in [2.24, 2.45) is 0 Å².